The maximum absolute atomic E-state index is 12.1. The summed E-state index contributed by atoms with van der Waals surface area (Å²) in [6.45, 7) is -0.399. The molecular formula is C18H17F3N2O5. The summed E-state index contributed by atoms with van der Waals surface area (Å²) in [7, 11) is 2.98. The number of nitrogens with zero attached hydrogens (tertiary/aromatic N) is 1. The van der Waals surface area contributed by atoms with Crippen molar-refractivity contribution in [1.82, 2.24) is 0 Å². The van der Waals surface area contributed by atoms with E-state index in [1.807, 2.05) is 0 Å². The maximum Gasteiger partial charge on any atom is 0.573 e. The molecule has 7 nitrogen and oxygen atoms in total. The molecule has 1 N–H and O–H groups in total. The van der Waals surface area contributed by atoms with Gasteiger partial charge < -0.3 is 24.4 Å². The van der Waals surface area contributed by atoms with Crippen LogP contribution in [0.1, 0.15) is 5.56 Å². The van der Waals surface area contributed by atoms with Gasteiger partial charge in [-0.3, -0.25) is 4.79 Å². The topological polar surface area (TPSA) is 78.4 Å². The Labute approximate surface area is 158 Å². The number of para-hydroxylation sites is 1. The smallest absolute Gasteiger partial charge is 0.493 e. The fraction of sp³-hybridized carbons (Fsp3) is 0.222. The van der Waals surface area contributed by atoms with Gasteiger partial charge in [-0.2, -0.15) is 0 Å². The van der Waals surface area contributed by atoms with Crippen molar-refractivity contribution in [2.45, 2.75) is 6.36 Å². The normalized spacial score (nSPS) is 11.2. The highest BCUT2D eigenvalue weighted by atomic mass is 19.4. The third-order valence-corrected chi connectivity index (χ3v) is 3.27. The van der Waals surface area contributed by atoms with Crippen molar-refractivity contribution in [3.05, 3.63) is 48.0 Å². The lowest BCUT2D eigenvalue weighted by molar-refractivity contribution is -0.274. The van der Waals surface area contributed by atoms with E-state index in [0.29, 0.717) is 17.1 Å². The Hall–Kier alpha value is -3.43. The second-order valence-electron chi connectivity index (χ2n) is 5.21. The van der Waals surface area contributed by atoms with Crippen molar-refractivity contribution in [3.63, 3.8) is 0 Å². The van der Waals surface area contributed by atoms with E-state index in [9.17, 15) is 18.0 Å². The molecular weight excluding hydrogens is 381 g/mol. The summed E-state index contributed by atoms with van der Waals surface area (Å²) in [6, 6.07) is 9.87. The molecule has 0 spiro atoms. The standard InChI is InChI=1S/C18H17F3N2O5/c1-25-15-5-3-4-12(17(15)26-2)10-22-27-11-16(24)23-13-6-8-14(9-7-13)28-18(19,20)21/h3-10H,11H2,1-2H3,(H,23,24)/b22-10-. The zero-order valence-electron chi connectivity index (χ0n) is 14.9. The van der Waals surface area contributed by atoms with E-state index >= 15 is 0 Å². The zero-order valence-corrected chi connectivity index (χ0v) is 14.9. The maximum atomic E-state index is 12.1. The van der Waals surface area contributed by atoms with Crippen molar-refractivity contribution in [2.75, 3.05) is 26.1 Å². The molecule has 0 atom stereocenters. The number of nitrogens with one attached hydrogen (secondary N) is 1. The highest BCUT2D eigenvalue weighted by Crippen LogP contribution is 2.29. The van der Waals surface area contributed by atoms with Crippen LogP contribution in [0, 0.1) is 0 Å². The van der Waals surface area contributed by atoms with Gasteiger partial charge in [0.15, 0.2) is 18.1 Å². The van der Waals surface area contributed by atoms with Crippen molar-refractivity contribution < 1.29 is 37.0 Å². The number of hydrogen-bond donors (Lipinski definition) is 1. The summed E-state index contributed by atoms with van der Waals surface area (Å²) >= 11 is 0. The van der Waals surface area contributed by atoms with Crippen LogP contribution in [0.3, 0.4) is 0 Å². The predicted octanol–water partition coefficient (Wildman–Crippen LogP) is 3.59. The van der Waals surface area contributed by atoms with Crippen LogP contribution in [0.2, 0.25) is 0 Å². The molecule has 0 aromatic heterocycles. The van der Waals surface area contributed by atoms with Crippen LogP contribution >= 0.6 is 0 Å². The first-order valence-electron chi connectivity index (χ1n) is 7.84. The number of ether oxygens (including phenoxy) is 3. The summed E-state index contributed by atoms with van der Waals surface area (Å²) in [5.41, 5.74) is 0.865. The molecule has 0 heterocycles. The van der Waals surface area contributed by atoms with Crippen LogP contribution in [0.5, 0.6) is 17.2 Å². The third kappa shape index (κ3) is 6.38. The Morgan fingerprint density at radius 2 is 1.82 bits per heavy atom. The van der Waals surface area contributed by atoms with Gasteiger partial charge in [-0.15, -0.1) is 13.2 Å². The number of oxime groups is 1. The van der Waals surface area contributed by atoms with Gasteiger partial charge in [0.1, 0.15) is 5.75 Å². The average Bonchev–Trinajstić information content (AvgIpc) is 2.65. The Kier molecular flexibility index (Phi) is 7.08. The number of rotatable bonds is 8. The first-order chi connectivity index (χ1) is 13.3. The Balaban J connectivity index is 1.85. The second kappa shape index (κ2) is 9.49. The first-order valence-corrected chi connectivity index (χ1v) is 7.84. The molecule has 2 aromatic carbocycles. The molecule has 0 unspecified atom stereocenters. The van der Waals surface area contributed by atoms with E-state index in [2.05, 4.69) is 15.2 Å². The third-order valence-electron chi connectivity index (χ3n) is 3.27. The highest BCUT2D eigenvalue weighted by molar-refractivity contribution is 5.91. The van der Waals surface area contributed by atoms with E-state index in [1.54, 1.807) is 18.2 Å². The number of alkyl halides is 3. The molecule has 1 amide bonds. The molecule has 0 saturated heterocycles. The van der Waals surface area contributed by atoms with E-state index in [1.165, 1.54) is 32.6 Å². The van der Waals surface area contributed by atoms with Crippen molar-refractivity contribution in [2.24, 2.45) is 5.16 Å². The Morgan fingerprint density at radius 1 is 1.11 bits per heavy atom. The van der Waals surface area contributed by atoms with Crippen molar-refractivity contribution in [3.8, 4) is 17.2 Å². The lowest BCUT2D eigenvalue weighted by Crippen LogP contribution is -2.18. The van der Waals surface area contributed by atoms with Gasteiger partial charge in [0.05, 0.1) is 20.4 Å². The number of halogens is 3. The Bertz CT molecular complexity index is 823. The molecule has 2 rings (SSSR count). The molecule has 0 radical (unpaired) electrons. The number of anilines is 1. The molecule has 0 saturated carbocycles. The highest BCUT2D eigenvalue weighted by Gasteiger charge is 2.30. The summed E-state index contributed by atoms with van der Waals surface area (Å²) in [4.78, 5) is 16.7. The number of amides is 1. The minimum Gasteiger partial charge on any atom is -0.493 e. The van der Waals surface area contributed by atoms with Crippen LogP contribution in [0.25, 0.3) is 0 Å². The SMILES string of the molecule is COc1cccc(/C=N\OCC(=O)Nc2ccc(OC(F)(F)F)cc2)c1OC. The fourth-order valence-corrected chi connectivity index (χ4v) is 2.14. The molecule has 0 aliphatic heterocycles. The average molecular weight is 398 g/mol. The van der Waals surface area contributed by atoms with Crippen LogP contribution in [0.15, 0.2) is 47.6 Å². The quantitative estimate of drug-likeness (QED) is 0.543. The van der Waals surface area contributed by atoms with Crippen LogP contribution in [-0.4, -0.2) is 39.3 Å². The molecule has 150 valence electrons. The zero-order chi connectivity index (χ0) is 20.6. The number of benzene rings is 2. The second-order valence-corrected chi connectivity index (χ2v) is 5.21. The van der Waals surface area contributed by atoms with Gasteiger partial charge >= 0.3 is 6.36 Å². The number of methoxy groups -OCH3 is 2. The largest absolute Gasteiger partial charge is 0.573 e. The molecule has 0 aliphatic rings. The van der Waals surface area contributed by atoms with Gasteiger partial charge in [-0.25, -0.2) is 0 Å². The van der Waals surface area contributed by atoms with Crippen molar-refractivity contribution in [1.29, 1.82) is 0 Å². The predicted molar refractivity (Wildman–Crippen MR) is 94.8 cm³/mol. The summed E-state index contributed by atoms with van der Waals surface area (Å²) in [5, 5.41) is 6.15. The number of carbonyl (C=O) groups is 1. The van der Waals surface area contributed by atoms with E-state index in [-0.39, 0.29) is 5.69 Å². The van der Waals surface area contributed by atoms with E-state index < -0.39 is 24.6 Å². The van der Waals surface area contributed by atoms with Crippen molar-refractivity contribution >= 4 is 17.8 Å². The molecule has 10 heteroatoms. The van der Waals surface area contributed by atoms with Gasteiger partial charge in [-0.1, -0.05) is 11.2 Å². The lowest BCUT2D eigenvalue weighted by atomic mass is 10.2. The molecule has 2 aromatic rings. The summed E-state index contributed by atoms with van der Waals surface area (Å²) < 4.78 is 50.4. The molecule has 0 aliphatic carbocycles. The summed E-state index contributed by atoms with van der Waals surface area (Å²) in [6.07, 6.45) is -3.42. The summed E-state index contributed by atoms with van der Waals surface area (Å²) in [5.74, 6) is 0.0444. The van der Waals surface area contributed by atoms with Gasteiger partial charge in [0, 0.05) is 11.3 Å². The van der Waals surface area contributed by atoms with Gasteiger partial charge in [0.25, 0.3) is 5.91 Å². The van der Waals surface area contributed by atoms with Crippen LogP contribution in [0.4, 0.5) is 18.9 Å². The minimum atomic E-state index is -4.78. The number of carbonyl (C=O) groups excluding carboxylic acids is 1. The lowest BCUT2D eigenvalue weighted by Gasteiger charge is -2.10. The van der Waals surface area contributed by atoms with Gasteiger partial charge in [0.2, 0.25) is 0 Å². The monoisotopic (exact) mass is 398 g/mol. The molecule has 28 heavy (non-hydrogen) atoms. The van der Waals surface area contributed by atoms with Crippen LogP contribution in [-0.2, 0) is 9.63 Å². The van der Waals surface area contributed by atoms with Gasteiger partial charge in [-0.05, 0) is 36.4 Å². The number of hydrogen-bond acceptors (Lipinski definition) is 6. The first kappa shape index (κ1) is 20.9. The fourth-order valence-electron chi connectivity index (χ4n) is 2.14. The molecule has 0 bridgehead atoms. The minimum absolute atomic E-state index is 0.279. The van der Waals surface area contributed by atoms with E-state index in [0.717, 1.165) is 12.1 Å². The van der Waals surface area contributed by atoms with E-state index in [4.69, 9.17) is 14.3 Å². The molecule has 0 fully saturated rings. The Morgan fingerprint density at radius 3 is 2.43 bits per heavy atom. The van der Waals surface area contributed by atoms with Crippen LogP contribution < -0.4 is 19.5 Å².